The van der Waals surface area contributed by atoms with Crippen LogP contribution in [0.1, 0.15) is 12.5 Å². The van der Waals surface area contributed by atoms with E-state index in [4.69, 9.17) is 10.6 Å². The molecule has 23 heavy (non-hydrogen) atoms. The molecule has 0 unspecified atom stereocenters. The number of oxime groups is 1. The highest BCUT2D eigenvalue weighted by Gasteiger charge is 2.20. The molecule has 0 saturated carbocycles. The molecule has 0 aliphatic heterocycles. The van der Waals surface area contributed by atoms with Gasteiger partial charge in [0.25, 0.3) is 5.91 Å². The van der Waals surface area contributed by atoms with E-state index in [2.05, 4.69) is 5.16 Å². The minimum atomic E-state index is -0.713. The molecule has 5 nitrogen and oxygen atoms in total. The minimum Gasteiger partial charge on any atom is -0.384 e. The summed E-state index contributed by atoms with van der Waals surface area (Å²) in [6.45, 7) is 1.65. The number of hydrogen-bond donors (Lipinski definition) is 1. The van der Waals surface area contributed by atoms with Gasteiger partial charge >= 0.3 is 0 Å². The Morgan fingerprint density at radius 2 is 1.70 bits per heavy atom. The maximum absolute atomic E-state index is 12.3. The zero-order valence-corrected chi connectivity index (χ0v) is 13.3. The lowest BCUT2D eigenvalue weighted by Crippen LogP contribution is -2.36. The van der Waals surface area contributed by atoms with Crippen LogP contribution >= 0.6 is 0 Å². The highest BCUT2D eigenvalue weighted by atomic mass is 16.6. The van der Waals surface area contributed by atoms with E-state index in [9.17, 15) is 4.79 Å². The molecular weight excluding hydrogens is 290 g/mol. The van der Waals surface area contributed by atoms with Gasteiger partial charge in [-0.2, -0.15) is 0 Å². The van der Waals surface area contributed by atoms with Gasteiger partial charge in [-0.25, -0.2) is 0 Å². The molecule has 0 spiro atoms. The Morgan fingerprint density at radius 3 is 2.30 bits per heavy atom. The van der Waals surface area contributed by atoms with Crippen molar-refractivity contribution in [2.75, 3.05) is 11.9 Å². The van der Waals surface area contributed by atoms with Crippen molar-refractivity contribution in [3.63, 3.8) is 0 Å². The van der Waals surface area contributed by atoms with Gasteiger partial charge in [0.2, 0.25) is 6.10 Å². The number of para-hydroxylation sites is 1. The number of anilines is 1. The summed E-state index contributed by atoms with van der Waals surface area (Å²) < 4.78 is 0. The van der Waals surface area contributed by atoms with Crippen molar-refractivity contribution >= 4 is 17.4 Å². The lowest BCUT2D eigenvalue weighted by molar-refractivity contribution is -0.128. The number of carbonyl (C=O) groups excluding carboxylic acids is 1. The van der Waals surface area contributed by atoms with Gasteiger partial charge in [-0.3, -0.25) is 4.79 Å². The molecule has 0 aliphatic rings. The molecule has 2 aromatic carbocycles. The molecule has 0 bridgehead atoms. The first-order chi connectivity index (χ1) is 11.1. The SMILES string of the molecule is C[C@H](O/N=C(\N)Cc1ccccc1)C(=O)N(C)c1ccccc1. The Hall–Kier alpha value is -2.82. The Balaban J connectivity index is 1.91. The van der Waals surface area contributed by atoms with Gasteiger partial charge in [0.1, 0.15) is 5.84 Å². The van der Waals surface area contributed by atoms with Crippen molar-refractivity contribution in [1.82, 2.24) is 0 Å². The summed E-state index contributed by atoms with van der Waals surface area (Å²) in [5, 5.41) is 3.86. The summed E-state index contributed by atoms with van der Waals surface area (Å²) in [6.07, 6.45) is -0.231. The molecule has 2 rings (SSSR count). The van der Waals surface area contributed by atoms with Crippen LogP contribution in [0.4, 0.5) is 5.69 Å². The van der Waals surface area contributed by atoms with Crippen LogP contribution in [0.5, 0.6) is 0 Å². The van der Waals surface area contributed by atoms with Crippen LogP contribution in [0.3, 0.4) is 0 Å². The molecule has 120 valence electrons. The zero-order valence-electron chi connectivity index (χ0n) is 13.3. The molecule has 0 heterocycles. The maximum Gasteiger partial charge on any atom is 0.270 e. The van der Waals surface area contributed by atoms with E-state index in [0.29, 0.717) is 12.3 Å². The van der Waals surface area contributed by atoms with Crippen LogP contribution in [0.25, 0.3) is 0 Å². The first-order valence-electron chi connectivity index (χ1n) is 7.42. The van der Waals surface area contributed by atoms with E-state index in [1.165, 1.54) is 4.90 Å². The Morgan fingerprint density at radius 1 is 1.13 bits per heavy atom. The van der Waals surface area contributed by atoms with Gasteiger partial charge in [-0.05, 0) is 24.6 Å². The predicted molar refractivity (Wildman–Crippen MR) is 92.2 cm³/mol. The van der Waals surface area contributed by atoms with Gasteiger partial charge in [0.05, 0.1) is 0 Å². The smallest absolute Gasteiger partial charge is 0.270 e. The fourth-order valence-corrected chi connectivity index (χ4v) is 2.08. The Kier molecular flexibility index (Phi) is 5.74. The van der Waals surface area contributed by atoms with E-state index < -0.39 is 6.10 Å². The van der Waals surface area contributed by atoms with Crippen LogP contribution in [0.2, 0.25) is 0 Å². The molecule has 2 N–H and O–H groups in total. The van der Waals surface area contributed by atoms with Crippen molar-refractivity contribution in [3.8, 4) is 0 Å². The van der Waals surface area contributed by atoms with E-state index in [1.54, 1.807) is 14.0 Å². The summed E-state index contributed by atoms with van der Waals surface area (Å²) in [6, 6.07) is 19.1. The van der Waals surface area contributed by atoms with E-state index in [1.807, 2.05) is 60.7 Å². The molecule has 0 saturated heterocycles. The molecule has 5 heteroatoms. The van der Waals surface area contributed by atoms with Gasteiger partial charge in [-0.1, -0.05) is 53.7 Å². The number of nitrogens with zero attached hydrogens (tertiary/aromatic N) is 2. The Bertz CT molecular complexity index is 656. The van der Waals surface area contributed by atoms with Crippen LogP contribution in [-0.4, -0.2) is 24.9 Å². The number of amides is 1. The number of nitrogens with two attached hydrogens (primary N) is 1. The van der Waals surface area contributed by atoms with Gasteiger partial charge in [0.15, 0.2) is 0 Å². The average molecular weight is 311 g/mol. The predicted octanol–water partition coefficient (Wildman–Crippen LogP) is 2.57. The first-order valence-corrected chi connectivity index (χ1v) is 7.42. The first kappa shape index (κ1) is 16.5. The van der Waals surface area contributed by atoms with Crippen molar-refractivity contribution in [1.29, 1.82) is 0 Å². The third-order valence-corrected chi connectivity index (χ3v) is 3.38. The largest absolute Gasteiger partial charge is 0.384 e. The highest BCUT2D eigenvalue weighted by Crippen LogP contribution is 2.13. The fourth-order valence-electron chi connectivity index (χ4n) is 2.08. The van der Waals surface area contributed by atoms with Crippen molar-refractivity contribution < 1.29 is 9.63 Å². The maximum atomic E-state index is 12.3. The van der Waals surface area contributed by atoms with Gasteiger partial charge < -0.3 is 15.5 Å². The molecule has 1 atom stereocenters. The third kappa shape index (κ3) is 4.85. The second-order valence-electron chi connectivity index (χ2n) is 5.23. The second kappa shape index (κ2) is 7.98. The minimum absolute atomic E-state index is 0.188. The third-order valence-electron chi connectivity index (χ3n) is 3.38. The molecular formula is C18H21N3O2. The molecule has 1 amide bonds. The lowest BCUT2D eigenvalue weighted by atomic mass is 10.1. The van der Waals surface area contributed by atoms with E-state index >= 15 is 0 Å². The number of hydrogen-bond acceptors (Lipinski definition) is 3. The average Bonchev–Trinajstić information content (AvgIpc) is 2.60. The lowest BCUT2D eigenvalue weighted by Gasteiger charge is -2.20. The van der Waals surface area contributed by atoms with Crippen LogP contribution in [0, 0.1) is 0 Å². The molecule has 0 fully saturated rings. The van der Waals surface area contributed by atoms with Gasteiger partial charge in [0, 0.05) is 19.2 Å². The van der Waals surface area contributed by atoms with E-state index in [0.717, 1.165) is 11.3 Å². The number of rotatable bonds is 6. The summed E-state index contributed by atoms with van der Waals surface area (Å²) in [7, 11) is 1.70. The van der Waals surface area contributed by atoms with E-state index in [-0.39, 0.29) is 5.91 Å². The van der Waals surface area contributed by atoms with Crippen molar-refractivity contribution in [3.05, 3.63) is 66.2 Å². The topological polar surface area (TPSA) is 67.9 Å². The summed E-state index contributed by atoms with van der Waals surface area (Å²) >= 11 is 0. The van der Waals surface area contributed by atoms with Crippen molar-refractivity contribution in [2.45, 2.75) is 19.4 Å². The monoisotopic (exact) mass is 311 g/mol. The highest BCUT2D eigenvalue weighted by molar-refractivity contribution is 5.95. The summed E-state index contributed by atoms with van der Waals surface area (Å²) in [5.41, 5.74) is 7.68. The van der Waals surface area contributed by atoms with Crippen LogP contribution < -0.4 is 10.6 Å². The van der Waals surface area contributed by atoms with Crippen molar-refractivity contribution in [2.24, 2.45) is 10.9 Å². The summed E-state index contributed by atoms with van der Waals surface area (Å²) in [4.78, 5) is 19.1. The molecule has 2 aromatic rings. The molecule has 0 aromatic heterocycles. The number of carbonyl (C=O) groups is 1. The standard InChI is InChI=1S/C18H21N3O2/c1-14(18(22)21(2)16-11-7-4-8-12-16)23-20-17(19)13-15-9-5-3-6-10-15/h3-12,14H,13H2,1-2H3,(H2,19,20)/t14-/m0/s1. The second-order valence-corrected chi connectivity index (χ2v) is 5.23. The van der Waals surface area contributed by atoms with Crippen LogP contribution in [0.15, 0.2) is 65.8 Å². The van der Waals surface area contributed by atoms with Gasteiger partial charge in [-0.15, -0.1) is 0 Å². The quantitative estimate of drug-likeness (QED) is 0.506. The number of likely N-dealkylation sites (N-methyl/N-ethyl adjacent to an activating group) is 1. The number of amidine groups is 1. The molecule has 0 radical (unpaired) electrons. The summed E-state index contributed by atoms with van der Waals surface area (Å²) in [5.74, 6) is 0.144. The fraction of sp³-hybridized carbons (Fsp3) is 0.222. The Labute approximate surface area is 136 Å². The molecule has 0 aliphatic carbocycles. The zero-order chi connectivity index (χ0) is 16.7. The van der Waals surface area contributed by atoms with Crippen LogP contribution in [-0.2, 0) is 16.1 Å². The normalized spacial score (nSPS) is 12.5. The number of benzene rings is 2.